The molecule has 0 unspecified atom stereocenters. The average molecular weight is 745 g/mol. The van der Waals surface area contributed by atoms with Gasteiger partial charge in [-0.3, -0.25) is 4.90 Å². The normalized spacial score (nSPS) is 16.6. The fourth-order valence-electron chi connectivity index (χ4n) is 5.39. The molecule has 1 saturated heterocycles. The number of carboxylic acids is 1. The summed E-state index contributed by atoms with van der Waals surface area (Å²) in [5, 5.41) is 9.36. The first-order valence-corrected chi connectivity index (χ1v) is 15.0. The van der Waals surface area contributed by atoms with Crippen LogP contribution in [0.2, 0.25) is 0 Å². The topological polar surface area (TPSA) is 104 Å². The third-order valence-corrected chi connectivity index (χ3v) is 7.83. The molecule has 3 aromatic rings. The minimum absolute atomic E-state index is 0. The Labute approximate surface area is 308 Å². The van der Waals surface area contributed by atoms with E-state index in [2.05, 4.69) is 15.0 Å². The van der Waals surface area contributed by atoms with Crippen LogP contribution in [0.3, 0.4) is 0 Å². The number of benzene rings is 2. The van der Waals surface area contributed by atoms with E-state index < -0.39 is 65.9 Å². The molecule has 2 aliphatic rings. The zero-order chi connectivity index (χ0) is 36.4. The summed E-state index contributed by atoms with van der Waals surface area (Å²) in [4.78, 5) is 28.4. The molecule has 272 valence electrons. The van der Waals surface area contributed by atoms with Crippen LogP contribution in [0.5, 0.6) is 0 Å². The predicted molar refractivity (Wildman–Crippen MR) is 162 cm³/mol. The first kappa shape index (κ1) is 40.0. The van der Waals surface area contributed by atoms with Crippen LogP contribution in [0.4, 0.5) is 56.8 Å². The number of hydrogen-bond acceptors (Lipinski definition) is 9. The Morgan fingerprint density at radius 1 is 0.902 bits per heavy atom. The number of aromatic nitrogens is 2. The Morgan fingerprint density at radius 3 is 2.00 bits per heavy atom. The number of hydrogen-bond donors (Lipinski definition) is 1. The van der Waals surface area contributed by atoms with Gasteiger partial charge in [0.25, 0.3) is 6.02 Å². The number of carboxylic acid groups (broad SMARTS) is 1. The number of aliphatic imine (C=N–C) groups is 1. The summed E-state index contributed by atoms with van der Waals surface area (Å²) in [6.07, 6.45) is -12.4. The maximum Gasteiger partial charge on any atom is 1.00 e. The van der Waals surface area contributed by atoms with Gasteiger partial charge in [0, 0.05) is 32.7 Å². The quantitative estimate of drug-likeness (QED) is 0.261. The molecule has 0 bridgehead atoms. The van der Waals surface area contributed by atoms with Crippen molar-refractivity contribution >= 4 is 29.3 Å². The van der Waals surface area contributed by atoms with E-state index in [4.69, 9.17) is 9.47 Å². The monoisotopic (exact) mass is 744 g/mol. The van der Waals surface area contributed by atoms with Crippen LogP contribution in [0.15, 0.2) is 53.8 Å². The van der Waals surface area contributed by atoms with Crippen molar-refractivity contribution in [1.29, 1.82) is 0 Å². The number of aliphatic carboxylic acids is 1. The summed E-state index contributed by atoms with van der Waals surface area (Å²) < 4.78 is 135. The standard InChI is InChI=1S/C31H29F9N6O4.Na.H/c1-2-46(28-43-24(17-50-28)26(47)48)25-4-3-20(29(32,33)34)11-19(25)16-45(27-41-13-23(14-42-27)44-5-7-49-8-6-44)15-18-9-21(30(35,36)37)12-22(10-18)31(38,39)40;;/h3-4,9-14,24H,2,5-8,15-17H2,1H3,(H,47,48);;/q;+1;-1/t24-;;/m0../s1. The average Bonchev–Trinajstić information content (AvgIpc) is 3.55. The third kappa shape index (κ3) is 9.75. The molecule has 10 nitrogen and oxygen atoms in total. The molecule has 1 aromatic heterocycles. The van der Waals surface area contributed by atoms with Crippen LogP contribution >= 0.6 is 0 Å². The molecular formula is C31H30F9N6NaO4. The molecule has 0 aliphatic carbocycles. The Kier molecular flexibility index (Phi) is 12.4. The second-order valence-electron chi connectivity index (χ2n) is 11.3. The zero-order valence-electron chi connectivity index (χ0n) is 28.1. The van der Waals surface area contributed by atoms with Crippen LogP contribution < -0.4 is 44.3 Å². The number of halogens is 9. The number of nitrogens with zero attached hydrogens (tertiary/aromatic N) is 6. The zero-order valence-corrected chi connectivity index (χ0v) is 29.1. The maximum absolute atomic E-state index is 14.0. The van der Waals surface area contributed by atoms with Crippen molar-refractivity contribution in [2.24, 2.45) is 4.99 Å². The van der Waals surface area contributed by atoms with E-state index >= 15 is 0 Å². The predicted octanol–water partition coefficient (Wildman–Crippen LogP) is 3.36. The molecule has 0 radical (unpaired) electrons. The summed E-state index contributed by atoms with van der Waals surface area (Å²) in [7, 11) is 0. The number of rotatable bonds is 9. The molecule has 1 fully saturated rings. The van der Waals surface area contributed by atoms with Crippen molar-refractivity contribution in [1.82, 2.24) is 9.97 Å². The minimum atomic E-state index is -5.15. The van der Waals surface area contributed by atoms with Crippen molar-refractivity contribution in [3.8, 4) is 0 Å². The number of morpholine rings is 1. The van der Waals surface area contributed by atoms with Gasteiger partial charge in [-0.25, -0.2) is 19.8 Å². The summed E-state index contributed by atoms with van der Waals surface area (Å²) in [6.45, 7) is 1.84. The fourth-order valence-corrected chi connectivity index (χ4v) is 5.39. The van der Waals surface area contributed by atoms with E-state index in [-0.39, 0.29) is 73.4 Å². The first-order valence-electron chi connectivity index (χ1n) is 15.0. The van der Waals surface area contributed by atoms with Gasteiger partial charge in [-0.05, 0) is 54.4 Å². The SMILES string of the molecule is CCN(C1=N[C@H](C(=O)O)CO1)c1ccc(C(F)(F)F)cc1CN(Cc1cc(C(F)(F)F)cc(C(F)(F)F)c1)c1ncc(N2CCOCC2)cn1.[H-].[Na+]. The Hall–Kier alpha value is -3.81. The summed E-state index contributed by atoms with van der Waals surface area (Å²) in [6, 6.07) is 2.15. The second-order valence-corrected chi connectivity index (χ2v) is 11.3. The summed E-state index contributed by atoms with van der Waals surface area (Å²) >= 11 is 0. The van der Waals surface area contributed by atoms with Crippen molar-refractivity contribution in [2.45, 2.75) is 44.6 Å². The molecule has 2 aromatic carbocycles. The molecule has 3 heterocycles. The molecule has 1 N–H and O–H groups in total. The van der Waals surface area contributed by atoms with E-state index in [0.29, 0.717) is 44.1 Å². The van der Waals surface area contributed by atoms with Crippen LogP contribution in [-0.2, 0) is 45.9 Å². The molecular weight excluding hydrogens is 714 g/mol. The molecule has 0 saturated carbocycles. The van der Waals surface area contributed by atoms with Crippen molar-refractivity contribution in [3.05, 3.63) is 76.6 Å². The second kappa shape index (κ2) is 15.8. The van der Waals surface area contributed by atoms with E-state index in [1.807, 2.05) is 4.90 Å². The van der Waals surface area contributed by atoms with Crippen LogP contribution in [0.1, 0.15) is 36.2 Å². The molecule has 51 heavy (non-hydrogen) atoms. The van der Waals surface area contributed by atoms with Crippen molar-refractivity contribution < 1.29 is 89.9 Å². The van der Waals surface area contributed by atoms with Crippen LogP contribution in [0, 0.1) is 0 Å². The van der Waals surface area contributed by atoms with Gasteiger partial charge in [0.1, 0.15) is 6.61 Å². The summed E-state index contributed by atoms with van der Waals surface area (Å²) in [5.41, 5.74) is -4.25. The van der Waals surface area contributed by atoms with Crippen molar-refractivity contribution in [2.75, 3.05) is 54.2 Å². The Balaban J connectivity index is 0.00000364. The van der Waals surface area contributed by atoms with Gasteiger partial charge in [-0.15, -0.1) is 0 Å². The van der Waals surface area contributed by atoms with E-state index in [0.717, 1.165) is 23.1 Å². The third-order valence-electron chi connectivity index (χ3n) is 7.83. The van der Waals surface area contributed by atoms with Gasteiger partial charge in [0.05, 0.1) is 53.7 Å². The molecule has 2 aliphatic heterocycles. The van der Waals surface area contributed by atoms with Crippen molar-refractivity contribution in [3.63, 3.8) is 0 Å². The van der Waals surface area contributed by atoms with Gasteiger partial charge < -0.3 is 25.8 Å². The smallest absolute Gasteiger partial charge is 1.00 e. The van der Waals surface area contributed by atoms with Gasteiger partial charge >= 0.3 is 54.1 Å². The van der Waals surface area contributed by atoms with E-state index in [1.54, 1.807) is 6.92 Å². The maximum atomic E-state index is 14.0. The fraction of sp³-hybridized carbons (Fsp3) is 0.419. The van der Waals surface area contributed by atoms with Gasteiger partial charge in [0.15, 0.2) is 6.04 Å². The first-order chi connectivity index (χ1) is 23.4. The molecule has 0 spiro atoms. The largest absolute Gasteiger partial charge is 1.00 e. The van der Waals surface area contributed by atoms with Crippen LogP contribution in [0.25, 0.3) is 0 Å². The van der Waals surface area contributed by atoms with E-state index in [1.165, 1.54) is 17.3 Å². The Bertz CT molecular complexity index is 1690. The van der Waals surface area contributed by atoms with Crippen LogP contribution in [-0.4, -0.2) is 72.6 Å². The number of carbonyl (C=O) groups is 1. The van der Waals surface area contributed by atoms with Gasteiger partial charge in [0.2, 0.25) is 5.95 Å². The minimum Gasteiger partial charge on any atom is -1.00 e. The summed E-state index contributed by atoms with van der Waals surface area (Å²) in [5.74, 6) is -1.51. The van der Waals surface area contributed by atoms with E-state index in [9.17, 15) is 49.4 Å². The number of anilines is 3. The Morgan fingerprint density at radius 2 is 1.49 bits per heavy atom. The number of alkyl halides is 9. The molecule has 0 amide bonds. The molecule has 20 heteroatoms. The number of ether oxygens (including phenoxy) is 2. The molecule has 1 atom stereocenters. The molecule has 5 rings (SSSR count). The number of amidine groups is 1. The van der Waals surface area contributed by atoms with Gasteiger partial charge in [-0.2, -0.15) is 39.5 Å². The van der Waals surface area contributed by atoms with Gasteiger partial charge in [-0.1, -0.05) is 0 Å².